The molecule has 0 aromatic carbocycles. The summed E-state index contributed by atoms with van der Waals surface area (Å²) in [6.07, 6.45) is 5.14. The molecule has 1 saturated carbocycles. The molecular weight excluding hydrogens is 296 g/mol. The maximum absolute atomic E-state index is 12.0. The average Bonchev–Trinajstić information content (AvgIpc) is 2.27. The molecule has 5 heteroatoms. The first-order valence-corrected chi connectivity index (χ1v) is 6.81. The van der Waals surface area contributed by atoms with E-state index in [2.05, 4.69) is 26.2 Å². The van der Waals surface area contributed by atoms with Crippen molar-refractivity contribution in [3.05, 3.63) is 22.3 Å². The summed E-state index contributed by atoms with van der Waals surface area (Å²) in [6, 6.07) is 1.93. The van der Waals surface area contributed by atoms with Crippen LogP contribution in [0.25, 0.3) is 0 Å². The van der Waals surface area contributed by atoms with E-state index in [-0.39, 0.29) is 11.5 Å². The Kier molecular flexibility index (Phi) is 4.02. The van der Waals surface area contributed by atoms with Gasteiger partial charge in [0, 0.05) is 17.8 Å². The number of pyridine rings is 1. The molecule has 0 radical (unpaired) electrons. The largest absolute Gasteiger partial charge is 0.378 e. The van der Waals surface area contributed by atoms with E-state index >= 15 is 0 Å². The number of amides is 1. The Bertz CT molecular complexity index is 453. The van der Waals surface area contributed by atoms with Gasteiger partial charge in [-0.1, -0.05) is 0 Å². The maximum atomic E-state index is 12.0. The molecule has 98 valence electrons. The molecule has 1 aromatic rings. The molecule has 0 aliphatic heterocycles. The molecule has 1 aliphatic rings. The molecule has 1 aliphatic carbocycles. The first-order valence-electron chi connectivity index (χ1n) is 6.02. The third-order valence-corrected chi connectivity index (χ3v) is 3.92. The van der Waals surface area contributed by atoms with Crippen LogP contribution in [0.15, 0.2) is 16.7 Å². The second-order valence-electron chi connectivity index (χ2n) is 4.78. The van der Waals surface area contributed by atoms with Crippen LogP contribution in [0.1, 0.15) is 31.2 Å². The van der Waals surface area contributed by atoms with Crippen LogP contribution in [0, 0.1) is 6.92 Å². The predicted octanol–water partition coefficient (Wildman–Crippen LogP) is 3.05. The van der Waals surface area contributed by atoms with E-state index in [0.29, 0.717) is 12.2 Å². The number of nitrogens with zero attached hydrogens (tertiary/aromatic N) is 1. The second-order valence-corrected chi connectivity index (χ2v) is 5.70. The summed E-state index contributed by atoms with van der Waals surface area (Å²) < 4.78 is 6.35. The van der Waals surface area contributed by atoms with Crippen LogP contribution in [-0.4, -0.2) is 23.6 Å². The van der Waals surface area contributed by atoms with Crippen molar-refractivity contribution in [2.75, 3.05) is 12.4 Å². The van der Waals surface area contributed by atoms with Gasteiger partial charge in [-0.05, 0) is 53.7 Å². The number of carbonyl (C=O) groups excluding carboxylic acids is 1. The highest BCUT2D eigenvalue weighted by Crippen LogP contribution is 2.38. The van der Waals surface area contributed by atoms with Crippen molar-refractivity contribution in [3.8, 4) is 0 Å². The van der Waals surface area contributed by atoms with Gasteiger partial charge in [0.05, 0.1) is 12.0 Å². The number of anilines is 1. The molecule has 1 heterocycles. The molecule has 1 N–H and O–H groups in total. The van der Waals surface area contributed by atoms with Crippen LogP contribution in [0.5, 0.6) is 0 Å². The fraction of sp³-hybridized carbons (Fsp3) is 0.538. The van der Waals surface area contributed by atoms with Crippen molar-refractivity contribution in [2.45, 2.75) is 38.2 Å². The van der Waals surface area contributed by atoms with Crippen molar-refractivity contribution in [1.82, 2.24) is 4.98 Å². The van der Waals surface area contributed by atoms with Crippen LogP contribution < -0.4 is 5.32 Å². The zero-order chi connectivity index (χ0) is 13.2. The first-order chi connectivity index (χ1) is 8.54. The van der Waals surface area contributed by atoms with E-state index in [4.69, 9.17) is 4.74 Å². The number of ether oxygens (including phenoxy) is 1. The van der Waals surface area contributed by atoms with Crippen molar-refractivity contribution in [1.29, 1.82) is 0 Å². The monoisotopic (exact) mass is 312 g/mol. The number of aryl methyl sites for hydroxylation is 1. The van der Waals surface area contributed by atoms with Crippen LogP contribution in [0.3, 0.4) is 0 Å². The number of halogens is 1. The SMILES string of the molecule is COC1(CC(=O)Nc2ncc(Br)cc2C)CCC1. The molecule has 2 rings (SSSR count). The molecule has 1 amide bonds. The Balaban J connectivity index is 1.98. The average molecular weight is 313 g/mol. The fourth-order valence-corrected chi connectivity index (χ4v) is 2.61. The Morgan fingerprint density at radius 1 is 1.61 bits per heavy atom. The van der Waals surface area contributed by atoms with Gasteiger partial charge in [0.2, 0.25) is 5.91 Å². The second kappa shape index (κ2) is 5.36. The highest BCUT2D eigenvalue weighted by Gasteiger charge is 2.39. The molecule has 1 fully saturated rings. The normalized spacial score (nSPS) is 17.1. The highest BCUT2D eigenvalue weighted by molar-refractivity contribution is 9.10. The van der Waals surface area contributed by atoms with E-state index in [9.17, 15) is 4.79 Å². The van der Waals surface area contributed by atoms with Gasteiger partial charge in [0.25, 0.3) is 0 Å². The molecule has 0 spiro atoms. The summed E-state index contributed by atoms with van der Waals surface area (Å²) in [7, 11) is 1.68. The van der Waals surface area contributed by atoms with Crippen LogP contribution >= 0.6 is 15.9 Å². The molecule has 4 nitrogen and oxygen atoms in total. The van der Waals surface area contributed by atoms with Gasteiger partial charge in [0.15, 0.2) is 0 Å². The quantitative estimate of drug-likeness (QED) is 0.929. The maximum Gasteiger partial charge on any atom is 0.228 e. The third kappa shape index (κ3) is 2.90. The minimum absolute atomic E-state index is 0.0329. The Morgan fingerprint density at radius 2 is 2.33 bits per heavy atom. The summed E-state index contributed by atoms with van der Waals surface area (Å²) >= 11 is 3.35. The number of aromatic nitrogens is 1. The summed E-state index contributed by atoms with van der Waals surface area (Å²) in [6.45, 7) is 1.92. The van der Waals surface area contributed by atoms with Crippen molar-refractivity contribution < 1.29 is 9.53 Å². The third-order valence-electron chi connectivity index (χ3n) is 3.48. The van der Waals surface area contributed by atoms with E-state index in [1.54, 1.807) is 13.3 Å². The van der Waals surface area contributed by atoms with Crippen molar-refractivity contribution >= 4 is 27.7 Å². The van der Waals surface area contributed by atoms with Gasteiger partial charge >= 0.3 is 0 Å². The molecule has 0 bridgehead atoms. The van der Waals surface area contributed by atoms with E-state index < -0.39 is 0 Å². The van der Waals surface area contributed by atoms with Gasteiger partial charge in [0.1, 0.15) is 5.82 Å². The smallest absolute Gasteiger partial charge is 0.228 e. The van der Waals surface area contributed by atoms with Gasteiger partial charge in [-0.15, -0.1) is 0 Å². The lowest BCUT2D eigenvalue weighted by Crippen LogP contribution is -2.42. The lowest BCUT2D eigenvalue weighted by atomic mass is 9.77. The van der Waals surface area contributed by atoms with Gasteiger partial charge < -0.3 is 10.1 Å². The van der Waals surface area contributed by atoms with E-state index in [1.165, 1.54) is 0 Å². The Labute approximate surface area is 115 Å². The van der Waals surface area contributed by atoms with Gasteiger partial charge in [-0.25, -0.2) is 4.98 Å². The molecular formula is C13H17BrN2O2. The topological polar surface area (TPSA) is 51.2 Å². The van der Waals surface area contributed by atoms with Gasteiger partial charge in [-0.2, -0.15) is 0 Å². The minimum atomic E-state index is -0.243. The van der Waals surface area contributed by atoms with Gasteiger partial charge in [-0.3, -0.25) is 4.79 Å². The molecule has 18 heavy (non-hydrogen) atoms. The van der Waals surface area contributed by atoms with Crippen molar-refractivity contribution in [3.63, 3.8) is 0 Å². The number of carbonyl (C=O) groups is 1. The molecule has 0 atom stereocenters. The lowest BCUT2D eigenvalue weighted by Gasteiger charge is -2.39. The molecule has 1 aromatic heterocycles. The number of methoxy groups -OCH3 is 1. The predicted molar refractivity (Wildman–Crippen MR) is 73.5 cm³/mol. The zero-order valence-corrected chi connectivity index (χ0v) is 12.2. The number of rotatable bonds is 4. The Morgan fingerprint density at radius 3 is 2.83 bits per heavy atom. The number of hydrogen-bond acceptors (Lipinski definition) is 3. The molecule has 0 saturated heterocycles. The van der Waals surface area contributed by atoms with E-state index in [1.807, 2.05) is 13.0 Å². The number of hydrogen-bond donors (Lipinski definition) is 1. The van der Waals surface area contributed by atoms with E-state index in [0.717, 1.165) is 29.3 Å². The first kappa shape index (κ1) is 13.5. The lowest BCUT2D eigenvalue weighted by molar-refractivity contribution is -0.129. The summed E-state index contributed by atoms with van der Waals surface area (Å²) in [5.41, 5.74) is 0.700. The van der Waals surface area contributed by atoms with Crippen LogP contribution in [0.4, 0.5) is 5.82 Å². The summed E-state index contributed by atoms with van der Waals surface area (Å²) in [5, 5.41) is 2.84. The van der Waals surface area contributed by atoms with Crippen LogP contribution in [0.2, 0.25) is 0 Å². The fourth-order valence-electron chi connectivity index (χ4n) is 2.16. The minimum Gasteiger partial charge on any atom is -0.378 e. The Hall–Kier alpha value is -0.940. The van der Waals surface area contributed by atoms with Crippen LogP contribution in [-0.2, 0) is 9.53 Å². The summed E-state index contributed by atoms with van der Waals surface area (Å²) in [4.78, 5) is 16.2. The number of nitrogens with one attached hydrogen (secondary N) is 1. The summed E-state index contributed by atoms with van der Waals surface area (Å²) in [5.74, 6) is 0.586. The molecule has 0 unspecified atom stereocenters. The standard InChI is InChI=1S/C13H17BrN2O2/c1-9-6-10(14)8-15-12(9)16-11(17)7-13(18-2)4-3-5-13/h6,8H,3-5,7H2,1-2H3,(H,15,16,17). The highest BCUT2D eigenvalue weighted by atomic mass is 79.9. The van der Waals surface area contributed by atoms with Crippen molar-refractivity contribution in [2.24, 2.45) is 0 Å². The zero-order valence-electron chi connectivity index (χ0n) is 10.6.